The van der Waals surface area contributed by atoms with E-state index in [1.54, 1.807) is 43.0 Å². The first-order valence-electron chi connectivity index (χ1n) is 10.2. The minimum atomic E-state index is -3.86. The van der Waals surface area contributed by atoms with Crippen molar-refractivity contribution in [3.63, 3.8) is 0 Å². The smallest absolute Gasteiger partial charge is 0.264 e. The van der Waals surface area contributed by atoms with Gasteiger partial charge in [-0.2, -0.15) is 0 Å². The second-order valence-corrected chi connectivity index (χ2v) is 9.03. The molecular weight excluding hydrogens is 418 g/mol. The lowest BCUT2D eigenvalue weighted by Gasteiger charge is -2.29. The van der Waals surface area contributed by atoms with E-state index in [0.29, 0.717) is 32.0 Å². The van der Waals surface area contributed by atoms with Crippen molar-refractivity contribution >= 4 is 27.5 Å². The predicted molar refractivity (Wildman–Crippen MR) is 117 cm³/mol. The average Bonchev–Trinajstić information content (AvgIpc) is 2.80. The number of ether oxygens (including phenoxy) is 1. The fourth-order valence-electron chi connectivity index (χ4n) is 3.41. The average molecular weight is 446 g/mol. The molecule has 2 aromatic carbocycles. The van der Waals surface area contributed by atoms with Crippen LogP contribution in [0.25, 0.3) is 0 Å². The number of carbonyl (C=O) groups excluding carboxylic acids is 2. The van der Waals surface area contributed by atoms with Crippen LogP contribution >= 0.6 is 0 Å². The number of sulfonamides is 1. The summed E-state index contributed by atoms with van der Waals surface area (Å²) in [5, 5.41) is 2.67. The molecular formula is C22H27N3O5S. The quantitative estimate of drug-likeness (QED) is 0.702. The van der Waals surface area contributed by atoms with Crippen LogP contribution in [0.5, 0.6) is 0 Å². The highest BCUT2D eigenvalue weighted by molar-refractivity contribution is 7.92. The van der Waals surface area contributed by atoms with E-state index in [0.717, 1.165) is 0 Å². The maximum absolute atomic E-state index is 13.2. The van der Waals surface area contributed by atoms with E-state index in [4.69, 9.17) is 4.74 Å². The minimum absolute atomic E-state index is 0.0120. The molecule has 0 aliphatic carbocycles. The fourth-order valence-corrected chi connectivity index (χ4v) is 4.93. The normalized spacial score (nSPS) is 15.2. The molecule has 1 fully saturated rings. The number of para-hydroxylation sites is 1. The van der Waals surface area contributed by atoms with Gasteiger partial charge in [-0.15, -0.1) is 0 Å². The lowest BCUT2D eigenvalue weighted by atomic mass is 10.2. The molecule has 0 spiro atoms. The van der Waals surface area contributed by atoms with Crippen LogP contribution in [0.2, 0.25) is 0 Å². The highest BCUT2D eigenvalue weighted by Crippen LogP contribution is 2.23. The van der Waals surface area contributed by atoms with Crippen LogP contribution < -0.4 is 9.62 Å². The van der Waals surface area contributed by atoms with Gasteiger partial charge in [-0.3, -0.25) is 13.9 Å². The molecule has 1 heterocycles. The molecule has 1 atom stereocenters. The summed E-state index contributed by atoms with van der Waals surface area (Å²) in [5.41, 5.74) is 0.719. The Kier molecular flexibility index (Phi) is 7.29. The maximum atomic E-state index is 13.2. The van der Waals surface area contributed by atoms with Gasteiger partial charge in [-0.25, -0.2) is 8.42 Å². The van der Waals surface area contributed by atoms with E-state index >= 15 is 0 Å². The van der Waals surface area contributed by atoms with Crippen LogP contribution in [0.1, 0.15) is 24.2 Å². The summed E-state index contributed by atoms with van der Waals surface area (Å²) in [6.07, 6.45) is 0. The van der Waals surface area contributed by atoms with Gasteiger partial charge in [0.1, 0.15) is 6.04 Å². The Balaban J connectivity index is 1.77. The van der Waals surface area contributed by atoms with Gasteiger partial charge in [0.2, 0.25) is 5.91 Å². The van der Waals surface area contributed by atoms with Crippen molar-refractivity contribution in [1.82, 2.24) is 10.2 Å². The Morgan fingerprint density at radius 2 is 1.77 bits per heavy atom. The van der Waals surface area contributed by atoms with Crippen LogP contribution in [-0.2, 0) is 19.6 Å². The number of anilines is 1. The SMILES string of the molecule is CCN(c1ccccc1)S(=O)(=O)c1cccc(C(=O)NC(C)C(=O)N2CCOCC2)c1. The molecule has 1 saturated heterocycles. The molecule has 2 amide bonds. The van der Waals surface area contributed by atoms with Crippen molar-refractivity contribution in [1.29, 1.82) is 0 Å². The third kappa shape index (κ3) is 5.23. The Bertz CT molecular complexity index is 1020. The molecule has 0 radical (unpaired) electrons. The summed E-state index contributed by atoms with van der Waals surface area (Å²) in [7, 11) is -3.86. The number of morpholine rings is 1. The van der Waals surface area contributed by atoms with Gasteiger partial charge in [0, 0.05) is 25.2 Å². The number of hydrogen-bond acceptors (Lipinski definition) is 5. The van der Waals surface area contributed by atoms with Gasteiger partial charge >= 0.3 is 0 Å². The van der Waals surface area contributed by atoms with Gasteiger partial charge in [-0.1, -0.05) is 24.3 Å². The third-order valence-electron chi connectivity index (χ3n) is 5.06. The molecule has 1 aliphatic rings. The summed E-state index contributed by atoms with van der Waals surface area (Å²) >= 11 is 0. The van der Waals surface area contributed by atoms with Gasteiger partial charge in [0.25, 0.3) is 15.9 Å². The van der Waals surface area contributed by atoms with Gasteiger partial charge in [0.15, 0.2) is 0 Å². The zero-order chi connectivity index (χ0) is 22.4. The van der Waals surface area contributed by atoms with E-state index in [-0.39, 0.29) is 22.9 Å². The van der Waals surface area contributed by atoms with E-state index in [1.165, 1.54) is 28.6 Å². The number of amides is 2. The second-order valence-electron chi connectivity index (χ2n) is 7.17. The molecule has 0 aromatic heterocycles. The van der Waals surface area contributed by atoms with Crippen molar-refractivity contribution < 1.29 is 22.7 Å². The van der Waals surface area contributed by atoms with Crippen LogP contribution in [-0.4, -0.2) is 64.0 Å². The first-order chi connectivity index (χ1) is 14.8. The summed E-state index contributed by atoms with van der Waals surface area (Å²) in [6.45, 7) is 5.53. The van der Waals surface area contributed by atoms with E-state index < -0.39 is 22.0 Å². The summed E-state index contributed by atoms with van der Waals surface area (Å²) in [4.78, 5) is 26.9. The summed E-state index contributed by atoms with van der Waals surface area (Å²) < 4.78 is 32.9. The number of rotatable bonds is 7. The second kappa shape index (κ2) is 9.93. The lowest BCUT2D eigenvalue weighted by Crippen LogP contribution is -2.50. The maximum Gasteiger partial charge on any atom is 0.264 e. The van der Waals surface area contributed by atoms with Crippen molar-refractivity contribution in [3.8, 4) is 0 Å². The number of hydrogen-bond donors (Lipinski definition) is 1. The van der Waals surface area contributed by atoms with Crippen molar-refractivity contribution in [2.75, 3.05) is 37.2 Å². The first kappa shape index (κ1) is 22.8. The Morgan fingerprint density at radius 3 is 2.42 bits per heavy atom. The molecule has 0 bridgehead atoms. The van der Waals surface area contributed by atoms with Crippen molar-refractivity contribution in [2.24, 2.45) is 0 Å². The molecule has 1 unspecified atom stereocenters. The molecule has 3 rings (SSSR count). The van der Waals surface area contributed by atoms with Crippen LogP contribution in [0, 0.1) is 0 Å². The topological polar surface area (TPSA) is 96.0 Å². The molecule has 1 aliphatic heterocycles. The predicted octanol–water partition coefficient (Wildman–Crippen LogP) is 1.88. The number of nitrogens with one attached hydrogen (secondary N) is 1. The van der Waals surface area contributed by atoms with Crippen LogP contribution in [0.3, 0.4) is 0 Å². The molecule has 31 heavy (non-hydrogen) atoms. The van der Waals surface area contributed by atoms with Crippen LogP contribution in [0.4, 0.5) is 5.69 Å². The third-order valence-corrected chi connectivity index (χ3v) is 6.96. The number of carbonyl (C=O) groups is 2. The largest absolute Gasteiger partial charge is 0.378 e. The van der Waals surface area contributed by atoms with E-state index in [2.05, 4.69) is 5.32 Å². The van der Waals surface area contributed by atoms with Crippen molar-refractivity contribution in [2.45, 2.75) is 24.8 Å². The van der Waals surface area contributed by atoms with Crippen molar-refractivity contribution in [3.05, 3.63) is 60.2 Å². The molecule has 166 valence electrons. The summed E-state index contributed by atoms with van der Waals surface area (Å²) in [6, 6.07) is 13.9. The highest BCUT2D eigenvalue weighted by atomic mass is 32.2. The Labute approximate surface area is 182 Å². The van der Waals surface area contributed by atoms with E-state index in [1.807, 2.05) is 6.07 Å². The fraction of sp³-hybridized carbons (Fsp3) is 0.364. The standard InChI is InChI=1S/C22H27N3O5S/c1-3-25(19-9-5-4-6-10-19)31(28,29)20-11-7-8-18(16-20)21(26)23-17(2)22(27)24-12-14-30-15-13-24/h4-11,16-17H,3,12-15H2,1-2H3,(H,23,26). The van der Waals surface area contributed by atoms with Gasteiger partial charge in [-0.05, 0) is 44.2 Å². The molecule has 0 saturated carbocycles. The number of benzene rings is 2. The van der Waals surface area contributed by atoms with Crippen LogP contribution in [0.15, 0.2) is 59.5 Å². The van der Waals surface area contributed by atoms with E-state index in [9.17, 15) is 18.0 Å². The lowest BCUT2D eigenvalue weighted by molar-refractivity contribution is -0.136. The molecule has 1 N–H and O–H groups in total. The summed E-state index contributed by atoms with van der Waals surface area (Å²) in [5.74, 6) is -0.699. The first-order valence-corrected chi connectivity index (χ1v) is 11.6. The minimum Gasteiger partial charge on any atom is -0.378 e. The molecule has 8 nitrogen and oxygen atoms in total. The molecule has 2 aromatic rings. The number of nitrogens with zero attached hydrogens (tertiary/aromatic N) is 2. The van der Waals surface area contributed by atoms with Gasteiger partial charge < -0.3 is 15.0 Å². The zero-order valence-electron chi connectivity index (χ0n) is 17.7. The Morgan fingerprint density at radius 1 is 1.10 bits per heavy atom. The molecule has 9 heteroatoms. The highest BCUT2D eigenvalue weighted by Gasteiger charge is 2.26. The Hall–Kier alpha value is -2.91. The monoisotopic (exact) mass is 445 g/mol. The zero-order valence-corrected chi connectivity index (χ0v) is 18.5. The van der Waals surface area contributed by atoms with Gasteiger partial charge in [0.05, 0.1) is 23.8 Å².